The standard InChI is InChI=1S/C15H14F3N5O2/c1-23-12-4-2-3-10(9(12)7-20-23)21-14(25)22-11-5-8(15(16,17)18)6-19-13(11)24/h5-7,10H,2-4H2,1H3,(H,21,25)/b22-11-. The van der Waals surface area contributed by atoms with Gasteiger partial charge in [-0.3, -0.25) is 9.48 Å². The van der Waals surface area contributed by atoms with E-state index < -0.39 is 29.4 Å². The molecule has 25 heavy (non-hydrogen) atoms. The van der Waals surface area contributed by atoms with E-state index in [9.17, 15) is 22.8 Å². The molecule has 2 aliphatic rings. The zero-order valence-electron chi connectivity index (χ0n) is 13.2. The highest BCUT2D eigenvalue weighted by Gasteiger charge is 2.35. The molecular weight excluding hydrogens is 339 g/mol. The van der Waals surface area contributed by atoms with Crippen molar-refractivity contribution in [3.8, 4) is 0 Å². The highest BCUT2D eigenvalue weighted by Crippen LogP contribution is 2.29. The molecule has 1 aromatic rings. The molecule has 1 aliphatic carbocycles. The third kappa shape index (κ3) is 3.52. The maximum Gasteiger partial charge on any atom is 0.417 e. The first-order valence-corrected chi connectivity index (χ1v) is 7.53. The summed E-state index contributed by atoms with van der Waals surface area (Å²) in [4.78, 5) is 30.2. The van der Waals surface area contributed by atoms with Crippen molar-refractivity contribution in [1.82, 2.24) is 15.1 Å². The summed E-state index contributed by atoms with van der Waals surface area (Å²) < 4.78 is 39.8. The molecule has 1 unspecified atom stereocenters. The van der Waals surface area contributed by atoms with Gasteiger partial charge in [-0.1, -0.05) is 0 Å². The molecule has 0 radical (unpaired) electrons. The molecule has 0 spiro atoms. The van der Waals surface area contributed by atoms with Gasteiger partial charge in [-0.25, -0.2) is 9.79 Å². The highest BCUT2D eigenvalue weighted by atomic mass is 19.4. The number of nitrogens with one attached hydrogen (secondary N) is 1. The zero-order valence-corrected chi connectivity index (χ0v) is 13.2. The number of nitrogens with zero attached hydrogens (tertiary/aromatic N) is 4. The van der Waals surface area contributed by atoms with Gasteiger partial charge in [0, 0.05) is 24.5 Å². The van der Waals surface area contributed by atoms with Crippen LogP contribution in [0.5, 0.6) is 0 Å². The quantitative estimate of drug-likeness (QED) is 0.838. The molecule has 7 nitrogen and oxygen atoms in total. The van der Waals surface area contributed by atoms with E-state index in [1.165, 1.54) is 0 Å². The molecule has 0 fully saturated rings. The maximum atomic E-state index is 12.7. The Bertz CT molecular complexity index is 820. The monoisotopic (exact) mass is 353 g/mol. The average molecular weight is 353 g/mol. The summed E-state index contributed by atoms with van der Waals surface area (Å²) >= 11 is 0. The van der Waals surface area contributed by atoms with Gasteiger partial charge in [0.1, 0.15) is 5.71 Å². The summed E-state index contributed by atoms with van der Waals surface area (Å²) in [6.07, 6.45) is 0.228. The van der Waals surface area contributed by atoms with Crippen LogP contribution in [0.15, 0.2) is 27.8 Å². The topological polar surface area (TPSA) is 88.7 Å². The Morgan fingerprint density at radius 3 is 2.92 bits per heavy atom. The van der Waals surface area contributed by atoms with Gasteiger partial charge in [-0.2, -0.15) is 23.3 Å². The van der Waals surface area contributed by atoms with Crippen molar-refractivity contribution in [1.29, 1.82) is 0 Å². The lowest BCUT2D eigenvalue weighted by atomic mass is 9.93. The van der Waals surface area contributed by atoms with Gasteiger partial charge in [0.15, 0.2) is 0 Å². The second-order valence-corrected chi connectivity index (χ2v) is 5.72. The number of hydrogen-bond donors (Lipinski definition) is 1. The molecule has 0 aromatic carbocycles. The van der Waals surface area contributed by atoms with Crippen LogP contribution in [0.4, 0.5) is 18.0 Å². The predicted molar refractivity (Wildman–Crippen MR) is 82.5 cm³/mol. The number of fused-ring (bicyclic) bond motifs is 1. The Morgan fingerprint density at radius 2 is 2.20 bits per heavy atom. The first kappa shape index (κ1) is 17.1. The van der Waals surface area contributed by atoms with Gasteiger partial charge in [-0.05, 0) is 25.3 Å². The van der Waals surface area contributed by atoms with Crippen LogP contribution in [0.1, 0.15) is 30.1 Å². The fraction of sp³-hybridized carbons (Fsp3) is 0.400. The first-order chi connectivity index (χ1) is 11.8. The van der Waals surface area contributed by atoms with Gasteiger partial charge in [-0.15, -0.1) is 0 Å². The molecular formula is C15H14F3N5O2. The number of aryl methyl sites for hydroxylation is 1. The molecule has 2 heterocycles. The van der Waals surface area contributed by atoms with Crippen LogP contribution in [-0.4, -0.2) is 39.8 Å². The van der Waals surface area contributed by atoms with Crippen molar-refractivity contribution in [3.05, 3.63) is 29.1 Å². The summed E-state index contributed by atoms with van der Waals surface area (Å²) in [6.45, 7) is 0. The van der Waals surface area contributed by atoms with E-state index in [0.29, 0.717) is 18.7 Å². The molecule has 0 saturated carbocycles. The number of dihydropyridines is 1. The number of urea groups is 1. The van der Waals surface area contributed by atoms with Crippen molar-refractivity contribution in [3.63, 3.8) is 0 Å². The number of carbonyl (C=O) groups is 2. The molecule has 132 valence electrons. The molecule has 0 bridgehead atoms. The highest BCUT2D eigenvalue weighted by molar-refractivity contribution is 6.48. The van der Waals surface area contributed by atoms with Crippen molar-refractivity contribution < 1.29 is 22.8 Å². The van der Waals surface area contributed by atoms with E-state index in [4.69, 9.17) is 0 Å². The molecule has 3 amide bonds. The first-order valence-electron chi connectivity index (χ1n) is 7.53. The number of rotatable bonds is 1. The molecule has 1 atom stereocenters. The van der Waals surface area contributed by atoms with Crippen LogP contribution in [0.2, 0.25) is 0 Å². The summed E-state index contributed by atoms with van der Waals surface area (Å²) in [5, 5.41) is 6.76. The number of carbonyl (C=O) groups excluding carboxylic acids is 2. The minimum atomic E-state index is -4.67. The Labute approximate surface area is 140 Å². The van der Waals surface area contributed by atoms with Gasteiger partial charge in [0.25, 0.3) is 5.91 Å². The van der Waals surface area contributed by atoms with Crippen LogP contribution >= 0.6 is 0 Å². The third-order valence-electron chi connectivity index (χ3n) is 4.05. The Hall–Kier alpha value is -2.78. The lowest BCUT2D eigenvalue weighted by Gasteiger charge is -2.22. The lowest BCUT2D eigenvalue weighted by molar-refractivity contribution is -0.111. The Kier molecular flexibility index (Phi) is 4.27. The molecule has 0 saturated heterocycles. The van der Waals surface area contributed by atoms with Gasteiger partial charge in [0.2, 0.25) is 0 Å². The van der Waals surface area contributed by atoms with Crippen molar-refractivity contribution >= 4 is 23.9 Å². The number of amides is 3. The van der Waals surface area contributed by atoms with E-state index in [2.05, 4.69) is 20.4 Å². The minimum Gasteiger partial charge on any atom is -0.329 e. The van der Waals surface area contributed by atoms with Crippen molar-refractivity contribution in [2.24, 2.45) is 17.0 Å². The summed E-state index contributed by atoms with van der Waals surface area (Å²) in [6, 6.07) is -1.23. The SMILES string of the molecule is Cn1ncc2c1CCCC2NC(=O)/N=C1/C=C(C(F)(F)F)C=NC1=O. The van der Waals surface area contributed by atoms with Gasteiger partial charge in [0.05, 0.1) is 17.8 Å². The summed E-state index contributed by atoms with van der Waals surface area (Å²) in [5.41, 5.74) is 0.0593. The normalized spacial score (nSPS) is 21.9. The predicted octanol–water partition coefficient (Wildman–Crippen LogP) is 2.05. The molecule has 3 rings (SSSR count). The Morgan fingerprint density at radius 1 is 1.44 bits per heavy atom. The number of halogens is 3. The van der Waals surface area contributed by atoms with Crippen LogP contribution < -0.4 is 5.32 Å². The fourth-order valence-electron chi connectivity index (χ4n) is 2.82. The van der Waals surface area contributed by atoms with E-state index in [1.54, 1.807) is 17.9 Å². The molecule has 1 aromatic heterocycles. The summed E-state index contributed by atoms with van der Waals surface area (Å²) in [7, 11) is 1.80. The van der Waals surface area contributed by atoms with Gasteiger partial charge >= 0.3 is 12.2 Å². The smallest absolute Gasteiger partial charge is 0.329 e. The number of aliphatic imine (C=N–C) groups is 2. The number of alkyl halides is 3. The van der Waals surface area contributed by atoms with Gasteiger partial charge < -0.3 is 5.32 Å². The van der Waals surface area contributed by atoms with Crippen LogP contribution in [0.25, 0.3) is 0 Å². The fourth-order valence-corrected chi connectivity index (χ4v) is 2.82. The average Bonchev–Trinajstić information content (AvgIpc) is 2.91. The largest absolute Gasteiger partial charge is 0.417 e. The molecule has 10 heteroatoms. The van der Waals surface area contributed by atoms with E-state index >= 15 is 0 Å². The summed E-state index contributed by atoms with van der Waals surface area (Å²) in [5.74, 6) is -0.992. The van der Waals surface area contributed by atoms with E-state index in [-0.39, 0.29) is 6.04 Å². The maximum absolute atomic E-state index is 12.7. The second-order valence-electron chi connectivity index (χ2n) is 5.72. The second kappa shape index (κ2) is 6.26. The third-order valence-corrected chi connectivity index (χ3v) is 4.05. The zero-order chi connectivity index (χ0) is 18.2. The minimum absolute atomic E-state index is 0.345. The van der Waals surface area contributed by atoms with Crippen LogP contribution in [0.3, 0.4) is 0 Å². The molecule has 1 N–H and O–H groups in total. The number of allylic oxidation sites excluding steroid dienone is 1. The van der Waals surface area contributed by atoms with Crippen LogP contribution in [0, 0.1) is 0 Å². The van der Waals surface area contributed by atoms with Crippen molar-refractivity contribution in [2.75, 3.05) is 0 Å². The number of aromatic nitrogens is 2. The number of hydrogen-bond acceptors (Lipinski definition) is 3. The van der Waals surface area contributed by atoms with Crippen molar-refractivity contribution in [2.45, 2.75) is 31.5 Å². The Balaban J connectivity index is 1.78. The molecule has 1 aliphatic heterocycles. The lowest BCUT2D eigenvalue weighted by Crippen LogP contribution is -2.30. The van der Waals surface area contributed by atoms with E-state index in [0.717, 1.165) is 24.1 Å². The van der Waals surface area contributed by atoms with E-state index in [1.807, 2.05) is 0 Å². The van der Waals surface area contributed by atoms with Crippen LogP contribution in [-0.2, 0) is 18.3 Å².